The Morgan fingerprint density at radius 1 is 1.31 bits per heavy atom. The van der Waals surface area contributed by atoms with Crippen molar-refractivity contribution in [1.82, 2.24) is 0 Å². The molecule has 0 aliphatic carbocycles. The summed E-state index contributed by atoms with van der Waals surface area (Å²) in [6, 6.07) is 6.09. The number of hydrogen-bond acceptors (Lipinski definition) is 1. The topological polar surface area (TPSA) is 37.3 Å². The van der Waals surface area contributed by atoms with Gasteiger partial charge in [-0.25, -0.2) is 4.79 Å². The quantitative estimate of drug-likeness (QED) is 0.784. The summed E-state index contributed by atoms with van der Waals surface area (Å²) >= 11 is 0. The van der Waals surface area contributed by atoms with Gasteiger partial charge in [-0.2, -0.15) is 0 Å². The first-order chi connectivity index (χ1) is 7.54. The molecule has 0 aliphatic heterocycles. The minimum atomic E-state index is -0.873. The zero-order chi connectivity index (χ0) is 12.1. The largest absolute Gasteiger partial charge is 0.478 e. The van der Waals surface area contributed by atoms with E-state index in [0.29, 0.717) is 0 Å². The molecule has 0 radical (unpaired) electrons. The zero-order valence-corrected chi connectivity index (χ0v) is 10.1. The third kappa shape index (κ3) is 3.23. The van der Waals surface area contributed by atoms with Gasteiger partial charge < -0.3 is 5.11 Å². The Morgan fingerprint density at radius 3 is 2.50 bits per heavy atom. The van der Waals surface area contributed by atoms with Gasteiger partial charge in [-0.15, -0.1) is 0 Å². The Labute approximate surface area is 96.6 Å². The van der Waals surface area contributed by atoms with E-state index in [-0.39, 0.29) is 0 Å². The Morgan fingerprint density at radius 2 is 2.00 bits per heavy atom. The lowest BCUT2D eigenvalue weighted by molar-refractivity contribution is -0.131. The van der Waals surface area contributed by atoms with Crippen LogP contribution in [0, 0.1) is 13.8 Å². The van der Waals surface area contributed by atoms with E-state index in [0.717, 1.165) is 24.0 Å². The highest BCUT2D eigenvalue weighted by atomic mass is 16.4. The maximum absolute atomic E-state index is 10.7. The average Bonchev–Trinajstić information content (AvgIpc) is 2.21. The molecule has 0 unspecified atom stereocenters. The lowest BCUT2D eigenvalue weighted by Crippen LogP contribution is -1.94. The number of carboxylic acids is 1. The number of carbonyl (C=O) groups is 1. The van der Waals surface area contributed by atoms with Crippen LogP contribution >= 0.6 is 0 Å². The van der Waals surface area contributed by atoms with Crippen LogP contribution in [-0.4, -0.2) is 11.1 Å². The molecular weight excluding hydrogens is 200 g/mol. The highest BCUT2D eigenvalue weighted by Gasteiger charge is 2.04. The molecule has 2 nitrogen and oxygen atoms in total. The average molecular weight is 218 g/mol. The van der Waals surface area contributed by atoms with Crippen LogP contribution in [0.4, 0.5) is 0 Å². The monoisotopic (exact) mass is 218 g/mol. The molecule has 0 atom stereocenters. The van der Waals surface area contributed by atoms with Crippen molar-refractivity contribution in [1.29, 1.82) is 0 Å². The highest BCUT2D eigenvalue weighted by molar-refractivity contribution is 5.90. The molecule has 1 N–H and O–H groups in total. The van der Waals surface area contributed by atoms with Crippen molar-refractivity contribution in [2.75, 3.05) is 0 Å². The van der Waals surface area contributed by atoms with E-state index in [9.17, 15) is 4.79 Å². The molecule has 0 aliphatic rings. The predicted molar refractivity (Wildman–Crippen MR) is 66.4 cm³/mol. The molecule has 0 aromatic heterocycles. The molecule has 86 valence electrons. The summed E-state index contributed by atoms with van der Waals surface area (Å²) in [6.07, 6.45) is 3.06. The summed E-state index contributed by atoms with van der Waals surface area (Å²) in [6.45, 7) is 6.15. The van der Waals surface area contributed by atoms with Crippen molar-refractivity contribution in [3.8, 4) is 0 Å². The van der Waals surface area contributed by atoms with Crippen molar-refractivity contribution in [3.05, 3.63) is 41.0 Å². The third-order valence-electron chi connectivity index (χ3n) is 2.69. The Hall–Kier alpha value is -1.57. The molecule has 16 heavy (non-hydrogen) atoms. The minimum Gasteiger partial charge on any atom is -0.478 e. The van der Waals surface area contributed by atoms with Gasteiger partial charge in [0, 0.05) is 6.08 Å². The van der Waals surface area contributed by atoms with E-state index in [4.69, 9.17) is 5.11 Å². The first-order valence-corrected chi connectivity index (χ1v) is 5.55. The van der Waals surface area contributed by atoms with Gasteiger partial charge in [0.15, 0.2) is 0 Å². The van der Waals surface area contributed by atoms with Crippen molar-refractivity contribution in [3.63, 3.8) is 0 Å². The van der Waals surface area contributed by atoms with Crippen LogP contribution in [0.3, 0.4) is 0 Å². The maximum atomic E-state index is 10.7. The molecule has 2 heteroatoms. The van der Waals surface area contributed by atoms with Gasteiger partial charge in [0.2, 0.25) is 0 Å². The molecule has 0 fully saturated rings. The van der Waals surface area contributed by atoms with E-state index in [1.807, 2.05) is 19.1 Å². The van der Waals surface area contributed by atoms with Crippen molar-refractivity contribution >= 4 is 11.5 Å². The number of rotatable bonds is 4. The van der Waals surface area contributed by atoms with E-state index in [2.05, 4.69) is 19.9 Å². The van der Waals surface area contributed by atoms with Gasteiger partial charge in [-0.05, 0) is 42.5 Å². The van der Waals surface area contributed by atoms with Gasteiger partial charge >= 0.3 is 5.97 Å². The second-order valence-electron chi connectivity index (χ2n) is 4.06. The molecule has 0 bridgehead atoms. The van der Waals surface area contributed by atoms with Gasteiger partial charge in [-0.3, -0.25) is 0 Å². The minimum absolute atomic E-state index is 0.800. The van der Waals surface area contributed by atoms with Crippen LogP contribution in [-0.2, 0) is 4.79 Å². The van der Waals surface area contributed by atoms with Crippen LogP contribution in [0.15, 0.2) is 24.3 Å². The Kier molecular flexibility index (Phi) is 4.29. The Balaban J connectivity index is 3.11. The van der Waals surface area contributed by atoms with Crippen LogP contribution in [0.5, 0.6) is 0 Å². The first-order valence-electron chi connectivity index (χ1n) is 5.55. The third-order valence-corrected chi connectivity index (χ3v) is 2.69. The SMILES string of the molecule is CCC/C(=C\C(=O)O)c1ccc(C)c(C)c1. The maximum Gasteiger partial charge on any atom is 0.328 e. The summed E-state index contributed by atoms with van der Waals surface area (Å²) in [4.78, 5) is 10.7. The number of aliphatic carboxylic acids is 1. The second kappa shape index (κ2) is 5.50. The van der Waals surface area contributed by atoms with Gasteiger partial charge in [0.05, 0.1) is 0 Å². The summed E-state index contributed by atoms with van der Waals surface area (Å²) in [5.41, 5.74) is 4.35. The normalized spacial score (nSPS) is 11.6. The van der Waals surface area contributed by atoms with Crippen LogP contribution in [0.25, 0.3) is 5.57 Å². The van der Waals surface area contributed by atoms with E-state index < -0.39 is 5.97 Å². The van der Waals surface area contributed by atoms with Crippen molar-refractivity contribution in [2.24, 2.45) is 0 Å². The fourth-order valence-electron chi connectivity index (χ4n) is 1.66. The fraction of sp³-hybridized carbons (Fsp3) is 0.357. The molecule has 1 aromatic rings. The van der Waals surface area contributed by atoms with Crippen LogP contribution < -0.4 is 0 Å². The van der Waals surface area contributed by atoms with Crippen molar-refractivity contribution in [2.45, 2.75) is 33.6 Å². The molecule has 0 spiro atoms. The number of allylic oxidation sites excluding steroid dienone is 1. The molecule has 0 saturated heterocycles. The molecule has 0 heterocycles. The number of benzene rings is 1. The lowest BCUT2D eigenvalue weighted by atomic mass is 9.97. The molecule has 1 rings (SSSR count). The summed E-state index contributed by atoms with van der Waals surface area (Å²) in [5, 5.41) is 8.82. The number of carboxylic acid groups (broad SMARTS) is 1. The molecule has 0 amide bonds. The lowest BCUT2D eigenvalue weighted by Gasteiger charge is -2.08. The van der Waals surface area contributed by atoms with Crippen LogP contribution in [0.2, 0.25) is 0 Å². The molecule has 1 aromatic carbocycles. The van der Waals surface area contributed by atoms with Crippen molar-refractivity contribution < 1.29 is 9.90 Å². The zero-order valence-electron chi connectivity index (χ0n) is 10.1. The van der Waals surface area contributed by atoms with Gasteiger partial charge in [0.1, 0.15) is 0 Å². The smallest absolute Gasteiger partial charge is 0.328 e. The first kappa shape index (κ1) is 12.5. The predicted octanol–water partition coefficient (Wildman–Crippen LogP) is 3.57. The number of aryl methyl sites for hydroxylation is 2. The van der Waals surface area contributed by atoms with E-state index in [1.54, 1.807) is 0 Å². The van der Waals surface area contributed by atoms with E-state index in [1.165, 1.54) is 17.2 Å². The van der Waals surface area contributed by atoms with Crippen LogP contribution in [0.1, 0.15) is 36.5 Å². The standard InChI is InChI=1S/C14H18O2/c1-4-5-12(9-14(15)16)13-7-6-10(2)11(3)8-13/h6-9H,4-5H2,1-3H3,(H,15,16)/b12-9+. The summed E-state index contributed by atoms with van der Waals surface area (Å²) in [7, 11) is 0. The molecule has 0 saturated carbocycles. The van der Waals surface area contributed by atoms with Gasteiger partial charge in [-0.1, -0.05) is 31.5 Å². The summed E-state index contributed by atoms with van der Waals surface area (Å²) in [5.74, 6) is -0.873. The Bertz CT molecular complexity index is 417. The highest BCUT2D eigenvalue weighted by Crippen LogP contribution is 2.22. The number of hydrogen-bond donors (Lipinski definition) is 1. The second-order valence-corrected chi connectivity index (χ2v) is 4.06. The fourth-order valence-corrected chi connectivity index (χ4v) is 1.66. The summed E-state index contributed by atoms with van der Waals surface area (Å²) < 4.78 is 0. The van der Waals surface area contributed by atoms with E-state index >= 15 is 0 Å². The van der Waals surface area contributed by atoms with Gasteiger partial charge in [0.25, 0.3) is 0 Å². The molecular formula is C14H18O2.